The van der Waals surface area contributed by atoms with Crippen LogP contribution < -0.4 is 5.32 Å². The Balaban J connectivity index is 2.29. The highest BCUT2D eigenvalue weighted by atomic mass is 16.3. The van der Waals surface area contributed by atoms with Crippen molar-refractivity contribution < 1.29 is 5.11 Å². The molecule has 0 amide bonds. The highest BCUT2D eigenvalue weighted by molar-refractivity contribution is 5.17. The second-order valence-corrected chi connectivity index (χ2v) is 4.18. The van der Waals surface area contributed by atoms with Gasteiger partial charge in [0, 0.05) is 0 Å². The van der Waals surface area contributed by atoms with Crippen molar-refractivity contribution in [2.24, 2.45) is 0 Å². The molecule has 0 heterocycles. The molecule has 0 aliphatic carbocycles. The van der Waals surface area contributed by atoms with E-state index in [0.717, 1.165) is 24.9 Å². The Morgan fingerprint density at radius 2 is 2.00 bits per heavy atom. The summed E-state index contributed by atoms with van der Waals surface area (Å²) in [6.45, 7) is 2.86. The standard InChI is InChI=1S/C15H21NO/c1-3-8-14(4-2)16-12-11-15(17)13-9-6-5-7-10-13/h2,5-7,9-10,14-17H,3,8,11-12H2,1H3/t14?,15-/m1/s1. The largest absolute Gasteiger partial charge is 0.388 e. The molecular formula is C15H21NO. The second kappa shape index (κ2) is 7.89. The number of hydrogen-bond donors (Lipinski definition) is 2. The Bertz CT molecular complexity index is 342. The van der Waals surface area contributed by atoms with Crippen LogP contribution in [0.5, 0.6) is 0 Å². The monoisotopic (exact) mass is 231 g/mol. The van der Waals surface area contributed by atoms with E-state index in [2.05, 4.69) is 18.2 Å². The van der Waals surface area contributed by atoms with Crippen LogP contribution in [-0.2, 0) is 0 Å². The third-order valence-corrected chi connectivity index (χ3v) is 2.77. The van der Waals surface area contributed by atoms with Crippen molar-refractivity contribution >= 4 is 0 Å². The van der Waals surface area contributed by atoms with Crippen molar-refractivity contribution in [1.29, 1.82) is 0 Å². The summed E-state index contributed by atoms with van der Waals surface area (Å²) in [5, 5.41) is 13.2. The zero-order chi connectivity index (χ0) is 12.5. The van der Waals surface area contributed by atoms with Crippen LogP contribution in [0, 0.1) is 12.3 Å². The van der Waals surface area contributed by atoms with E-state index in [1.54, 1.807) is 0 Å². The van der Waals surface area contributed by atoms with E-state index in [9.17, 15) is 5.11 Å². The number of rotatable bonds is 7. The second-order valence-electron chi connectivity index (χ2n) is 4.18. The zero-order valence-corrected chi connectivity index (χ0v) is 10.4. The van der Waals surface area contributed by atoms with Crippen molar-refractivity contribution in [3.05, 3.63) is 35.9 Å². The number of nitrogens with one attached hydrogen (secondary N) is 1. The van der Waals surface area contributed by atoms with Crippen molar-refractivity contribution in [3.63, 3.8) is 0 Å². The molecule has 2 N–H and O–H groups in total. The SMILES string of the molecule is C#CC(CCC)NCC[C@@H](O)c1ccccc1. The highest BCUT2D eigenvalue weighted by Crippen LogP contribution is 2.15. The van der Waals surface area contributed by atoms with Crippen molar-refractivity contribution in [2.45, 2.75) is 38.3 Å². The number of hydrogen-bond acceptors (Lipinski definition) is 2. The van der Waals surface area contributed by atoms with Crippen molar-refractivity contribution in [3.8, 4) is 12.3 Å². The van der Waals surface area contributed by atoms with Gasteiger partial charge in [-0.05, 0) is 24.9 Å². The quantitative estimate of drug-likeness (QED) is 0.707. The summed E-state index contributed by atoms with van der Waals surface area (Å²) >= 11 is 0. The van der Waals surface area contributed by atoms with Gasteiger partial charge in [0.15, 0.2) is 0 Å². The van der Waals surface area contributed by atoms with Gasteiger partial charge in [-0.1, -0.05) is 49.6 Å². The first kappa shape index (κ1) is 13.8. The Kier molecular flexibility index (Phi) is 6.39. The summed E-state index contributed by atoms with van der Waals surface area (Å²) in [5.74, 6) is 2.72. The molecule has 0 saturated heterocycles. The summed E-state index contributed by atoms with van der Waals surface area (Å²) in [4.78, 5) is 0. The lowest BCUT2D eigenvalue weighted by atomic mass is 10.1. The molecule has 0 aromatic heterocycles. The molecule has 1 rings (SSSR count). The predicted molar refractivity (Wildman–Crippen MR) is 71.6 cm³/mol. The molecule has 2 nitrogen and oxygen atoms in total. The van der Waals surface area contributed by atoms with Crippen LogP contribution in [0.2, 0.25) is 0 Å². The molecule has 92 valence electrons. The molecular weight excluding hydrogens is 210 g/mol. The first-order valence-corrected chi connectivity index (χ1v) is 6.20. The number of benzene rings is 1. The van der Waals surface area contributed by atoms with Gasteiger partial charge >= 0.3 is 0 Å². The minimum Gasteiger partial charge on any atom is -0.388 e. The first-order valence-electron chi connectivity index (χ1n) is 6.20. The summed E-state index contributed by atoms with van der Waals surface area (Å²) < 4.78 is 0. The van der Waals surface area contributed by atoms with E-state index < -0.39 is 6.10 Å². The summed E-state index contributed by atoms with van der Waals surface area (Å²) in [6.07, 6.45) is 7.74. The minimum atomic E-state index is -0.413. The Hall–Kier alpha value is -1.30. The molecule has 17 heavy (non-hydrogen) atoms. The number of aliphatic hydroxyl groups is 1. The fraction of sp³-hybridized carbons (Fsp3) is 0.467. The lowest BCUT2D eigenvalue weighted by Crippen LogP contribution is -2.29. The van der Waals surface area contributed by atoms with E-state index in [4.69, 9.17) is 6.42 Å². The molecule has 2 heteroatoms. The van der Waals surface area contributed by atoms with Gasteiger partial charge in [-0.25, -0.2) is 0 Å². The molecule has 1 unspecified atom stereocenters. The molecule has 0 spiro atoms. The highest BCUT2D eigenvalue weighted by Gasteiger charge is 2.08. The van der Waals surface area contributed by atoms with Crippen LogP contribution in [-0.4, -0.2) is 17.7 Å². The number of aliphatic hydroxyl groups excluding tert-OH is 1. The van der Waals surface area contributed by atoms with Crippen molar-refractivity contribution in [1.82, 2.24) is 5.32 Å². The van der Waals surface area contributed by atoms with Crippen LogP contribution in [0.4, 0.5) is 0 Å². The van der Waals surface area contributed by atoms with Crippen LogP contribution in [0.25, 0.3) is 0 Å². The van der Waals surface area contributed by atoms with E-state index in [0.29, 0.717) is 6.42 Å². The fourth-order valence-corrected chi connectivity index (χ4v) is 1.77. The van der Waals surface area contributed by atoms with Crippen LogP contribution in [0.3, 0.4) is 0 Å². The average Bonchev–Trinajstić information content (AvgIpc) is 2.38. The molecule has 2 atom stereocenters. The third kappa shape index (κ3) is 5.04. The summed E-state index contributed by atoms with van der Waals surface area (Å²) in [5.41, 5.74) is 0.960. The van der Waals surface area contributed by atoms with Crippen molar-refractivity contribution in [2.75, 3.05) is 6.54 Å². The Morgan fingerprint density at radius 3 is 2.59 bits per heavy atom. The van der Waals surface area contributed by atoms with Crippen LogP contribution >= 0.6 is 0 Å². The lowest BCUT2D eigenvalue weighted by Gasteiger charge is -2.14. The van der Waals surface area contributed by atoms with E-state index in [-0.39, 0.29) is 6.04 Å². The molecule has 0 radical (unpaired) electrons. The maximum atomic E-state index is 9.94. The van der Waals surface area contributed by atoms with Gasteiger partial charge in [0.25, 0.3) is 0 Å². The van der Waals surface area contributed by atoms with Gasteiger partial charge in [0.05, 0.1) is 12.1 Å². The van der Waals surface area contributed by atoms with E-state index in [1.165, 1.54) is 0 Å². The van der Waals surface area contributed by atoms with Gasteiger partial charge in [-0.3, -0.25) is 0 Å². The molecule has 0 bridgehead atoms. The third-order valence-electron chi connectivity index (χ3n) is 2.77. The van der Waals surface area contributed by atoms with Gasteiger partial charge < -0.3 is 10.4 Å². The predicted octanol–water partition coefficient (Wildman–Crippen LogP) is 2.50. The van der Waals surface area contributed by atoms with Gasteiger partial charge in [0.2, 0.25) is 0 Å². The van der Waals surface area contributed by atoms with Crippen LogP contribution in [0.15, 0.2) is 30.3 Å². The minimum absolute atomic E-state index is 0.128. The lowest BCUT2D eigenvalue weighted by molar-refractivity contribution is 0.166. The molecule has 0 fully saturated rings. The summed E-state index contributed by atoms with van der Waals surface area (Å²) in [7, 11) is 0. The first-order chi connectivity index (χ1) is 8.27. The summed E-state index contributed by atoms with van der Waals surface area (Å²) in [6, 6.07) is 9.83. The van der Waals surface area contributed by atoms with Gasteiger partial charge in [0.1, 0.15) is 0 Å². The zero-order valence-electron chi connectivity index (χ0n) is 10.4. The van der Waals surface area contributed by atoms with Gasteiger partial charge in [-0.15, -0.1) is 6.42 Å². The topological polar surface area (TPSA) is 32.3 Å². The molecule has 0 aliphatic heterocycles. The van der Waals surface area contributed by atoms with Crippen LogP contribution in [0.1, 0.15) is 37.9 Å². The Labute approximate surface area is 104 Å². The number of terminal acetylenes is 1. The Morgan fingerprint density at radius 1 is 1.29 bits per heavy atom. The normalized spacial score (nSPS) is 13.9. The molecule has 1 aromatic rings. The molecule has 0 aliphatic rings. The molecule has 1 aromatic carbocycles. The van der Waals surface area contributed by atoms with E-state index in [1.807, 2.05) is 30.3 Å². The maximum Gasteiger partial charge on any atom is 0.0802 e. The van der Waals surface area contributed by atoms with Gasteiger partial charge in [-0.2, -0.15) is 0 Å². The smallest absolute Gasteiger partial charge is 0.0802 e. The molecule has 0 saturated carbocycles. The average molecular weight is 231 g/mol. The fourth-order valence-electron chi connectivity index (χ4n) is 1.77. The maximum absolute atomic E-state index is 9.94. The van der Waals surface area contributed by atoms with E-state index >= 15 is 0 Å².